The predicted molar refractivity (Wildman–Crippen MR) is 199 cm³/mol. The van der Waals surface area contributed by atoms with Crippen LogP contribution in [-0.2, 0) is 5.41 Å². The van der Waals surface area contributed by atoms with E-state index in [2.05, 4.69) is 0 Å². The molecule has 282 valence electrons. The number of benzene rings is 6. The first-order valence-electron chi connectivity index (χ1n) is 16.7. The molecule has 0 amide bonds. The van der Waals surface area contributed by atoms with Crippen LogP contribution in [-0.4, -0.2) is 66.5 Å². The number of fused-ring (bicyclic) bond motifs is 3. The standard InChI is InChI=1S/C43H26O14/c44-37(45)29-15-13-25(19-32(29)40(50)51)56-23-9-5-21(6-10-23)43(22-7-11-24(12-8-22)57-26-14-16-30(38(46)47)33(20-26)41(52)53)34-4-2-1-3-27(34)28-17-18-31(39(48)49)35(36(28)43)42(54)55/h1-20H,(H,44,45)(H,46,47)(H,48,49)(H,50,51)(H,52,53)(H,54,55). The van der Waals surface area contributed by atoms with E-state index in [1.54, 1.807) is 78.9 Å². The molecule has 6 aromatic carbocycles. The average Bonchev–Trinajstić information content (AvgIpc) is 3.48. The van der Waals surface area contributed by atoms with Gasteiger partial charge in [0.2, 0.25) is 0 Å². The number of carbonyl (C=O) groups is 6. The van der Waals surface area contributed by atoms with Crippen LogP contribution in [0, 0.1) is 0 Å². The van der Waals surface area contributed by atoms with Gasteiger partial charge >= 0.3 is 35.8 Å². The third-order valence-corrected chi connectivity index (χ3v) is 9.60. The van der Waals surface area contributed by atoms with E-state index in [-0.39, 0.29) is 28.6 Å². The Morgan fingerprint density at radius 3 is 1.21 bits per heavy atom. The first kappa shape index (κ1) is 37.1. The Hall–Kier alpha value is -8.26. The SMILES string of the molecule is O=C(O)c1ccc(Oc2ccc(C3(c4ccc(Oc5ccc(C(=O)O)c(C(=O)O)c5)cc4)c4ccccc4-c4ccc(C(=O)O)c(C(=O)O)c43)cc2)cc1C(=O)O. The summed E-state index contributed by atoms with van der Waals surface area (Å²) >= 11 is 0. The minimum Gasteiger partial charge on any atom is -0.478 e. The van der Waals surface area contributed by atoms with Crippen molar-refractivity contribution in [3.05, 3.63) is 177 Å². The van der Waals surface area contributed by atoms with Gasteiger partial charge in [0.25, 0.3) is 0 Å². The summed E-state index contributed by atoms with van der Waals surface area (Å²) in [6, 6.07) is 29.6. The summed E-state index contributed by atoms with van der Waals surface area (Å²) in [7, 11) is 0. The molecule has 0 fully saturated rings. The highest BCUT2D eigenvalue weighted by molar-refractivity contribution is 6.07. The molecule has 0 spiro atoms. The second-order valence-electron chi connectivity index (χ2n) is 12.7. The zero-order chi connectivity index (χ0) is 40.8. The zero-order valence-electron chi connectivity index (χ0n) is 29.0. The second kappa shape index (κ2) is 14.2. The van der Waals surface area contributed by atoms with Gasteiger partial charge in [-0.05, 0) is 100 Å². The van der Waals surface area contributed by atoms with Crippen LogP contribution in [0.5, 0.6) is 23.0 Å². The fraction of sp³-hybridized carbons (Fsp3) is 0.0233. The molecule has 0 saturated carbocycles. The maximum atomic E-state index is 13.1. The fourth-order valence-corrected chi connectivity index (χ4v) is 7.28. The highest BCUT2D eigenvalue weighted by Crippen LogP contribution is 2.58. The van der Waals surface area contributed by atoms with Crippen molar-refractivity contribution in [3.8, 4) is 34.1 Å². The van der Waals surface area contributed by atoms with Crippen molar-refractivity contribution in [3.63, 3.8) is 0 Å². The lowest BCUT2D eigenvalue weighted by Gasteiger charge is -2.35. The van der Waals surface area contributed by atoms with E-state index in [1.165, 1.54) is 18.2 Å². The third-order valence-electron chi connectivity index (χ3n) is 9.60. The van der Waals surface area contributed by atoms with Gasteiger partial charge in [-0.2, -0.15) is 0 Å². The quantitative estimate of drug-likeness (QED) is 0.0695. The van der Waals surface area contributed by atoms with Gasteiger partial charge < -0.3 is 40.1 Å². The van der Waals surface area contributed by atoms with Gasteiger partial charge in [-0.3, -0.25) is 0 Å². The van der Waals surface area contributed by atoms with E-state index in [0.29, 0.717) is 27.8 Å². The highest BCUT2D eigenvalue weighted by Gasteiger charge is 2.49. The largest absolute Gasteiger partial charge is 0.478 e. The van der Waals surface area contributed by atoms with Crippen molar-refractivity contribution in [1.29, 1.82) is 0 Å². The van der Waals surface area contributed by atoms with E-state index in [1.807, 2.05) is 0 Å². The molecule has 14 nitrogen and oxygen atoms in total. The Morgan fingerprint density at radius 2 is 0.789 bits per heavy atom. The molecule has 0 saturated heterocycles. The van der Waals surface area contributed by atoms with E-state index in [9.17, 15) is 59.4 Å². The van der Waals surface area contributed by atoms with Gasteiger partial charge in [0.05, 0.1) is 38.8 Å². The van der Waals surface area contributed by atoms with Crippen LogP contribution in [0.25, 0.3) is 11.1 Å². The molecule has 0 unspecified atom stereocenters. The summed E-state index contributed by atoms with van der Waals surface area (Å²) in [5.41, 5.74) is -1.40. The summed E-state index contributed by atoms with van der Waals surface area (Å²) < 4.78 is 11.8. The van der Waals surface area contributed by atoms with Gasteiger partial charge in [-0.1, -0.05) is 54.6 Å². The zero-order valence-corrected chi connectivity index (χ0v) is 29.0. The van der Waals surface area contributed by atoms with Gasteiger partial charge in [-0.15, -0.1) is 0 Å². The first-order chi connectivity index (χ1) is 27.2. The molecule has 14 heteroatoms. The molecule has 6 aromatic rings. The lowest BCUT2D eigenvalue weighted by molar-refractivity contribution is 0.0650. The maximum Gasteiger partial charge on any atom is 0.336 e. The molecule has 0 aliphatic heterocycles. The Morgan fingerprint density at radius 1 is 0.386 bits per heavy atom. The smallest absolute Gasteiger partial charge is 0.336 e. The Labute approximate surface area is 320 Å². The van der Waals surface area contributed by atoms with Crippen molar-refractivity contribution in [2.75, 3.05) is 0 Å². The van der Waals surface area contributed by atoms with Crippen LogP contribution >= 0.6 is 0 Å². The first-order valence-corrected chi connectivity index (χ1v) is 16.7. The van der Waals surface area contributed by atoms with Crippen molar-refractivity contribution in [2.45, 2.75) is 5.41 Å². The van der Waals surface area contributed by atoms with Crippen molar-refractivity contribution >= 4 is 35.8 Å². The summed E-state index contributed by atoms with van der Waals surface area (Å²) in [5, 5.41) is 58.8. The lowest BCUT2D eigenvalue weighted by atomic mass is 9.66. The molecule has 0 aromatic heterocycles. The normalized spacial score (nSPS) is 12.1. The monoisotopic (exact) mass is 766 g/mol. The number of hydrogen-bond acceptors (Lipinski definition) is 8. The Bertz CT molecular complexity index is 2570. The van der Waals surface area contributed by atoms with Gasteiger partial charge in [-0.25, -0.2) is 28.8 Å². The Balaban J connectivity index is 1.40. The van der Waals surface area contributed by atoms with Crippen molar-refractivity contribution < 1.29 is 68.9 Å². The van der Waals surface area contributed by atoms with Crippen molar-refractivity contribution in [1.82, 2.24) is 0 Å². The van der Waals surface area contributed by atoms with Crippen LogP contribution in [0.15, 0.2) is 121 Å². The maximum absolute atomic E-state index is 13.1. The molecule has 7 rings (SSSR count). The van der Waals surface area contributed by atoms with E-state index in [0.717, 1.165) is 24.3 Å². The number of carboxylic acids is 6. The lowest BCUT2D eigenvalue weighted by Crippen LogP contribution is -2.31. The number of hydrogen-bond donors (Lipinski definition) is 6. The average molecular weight is 767 g/mol. The third kappa shape index (κ3) is 6.32. The van der Waals surface area contributed by atoms with Crippen LogP contribution < -0.4 is 9.47 Å². The molecule has 0 heterocycles. The number of ether oxygens (including phenoxy) is 2. The van der Waals surface area contributed by atoms with Gasteiger partial charge in [0.1, 0.15) is 23.0 Å². The topological polar surface area (TPSA) is 242 Å². The Kier molecular flexibility index (Phi) is 9.23. The van der Waals surface area contributed by atoms with Crippen LogP contribution in [0.4, 0.5) is 0 Å². The molecule has 6 N–H and O–H groups in total. The van der Waals surface area contributed by atoms with E-state index in [4.69, 9.17) is 9.47 Å². The van der Waals surface area contributed by atoms with Crippen LogP contribution in [0.2, 0.25) is 0 Å². The van der Waals surface area contributed by atoms with Crippen molar-refractivity contribution in [2.24, 2.45) is 0 Å². The molecule has 0 atom stereocenters. The minimum atomic E-state index is -1.49. The van der Waals surface area contributed by atoms with Crippen LogP contribution in [0.3, 0.4) is 0 Å². The number of carboxylic acid groups (broad SMARTS) is 6. The predicted octanol–water partition coefficient (Wildman–Crippen LogP) is 7.82. The molecule has 0 bridgehead atoms. The summed E-state index contributed by atoms with van der Waals surface area (Å²) in [6.45, 7) is 0. The summed E-state index contributed by atoms with van der Waals surface area (Å²) in [4.78, 5) is 72.3. The van der Waals surface area contributed by atoms with Gasteiger partial charge in [0.15, 0.2) is 0 Å². The van der Waals surface area contributed by atoms with E-state index >= 15 is 0 Å². The molecule has 1 aliphatic carbocycles. The minimum absolute atomic E-state index is 0.0272. The molecule has 0 radical (unpaired) electrons. The van der Waals surface area contributed by atoms with Gasteiger partial charge in [0, 0.05) is 0 Å². The highest BCUT2D eigenvalue weighted by atomic mass is 16.5. The van der Waals surface area contributed by atoms with E-state index < -0.39 is 74.6 Å². The second-order valence-corrected chi connectivity index (χ2v) is 12.7. The molecular weight excluding hydrogens is 740 g/mol. The molecular formula is C43H26O14. The number of rotatable bonds is 12. The number of aromatic carboxylic acids is 6. The molecule has 1 aliphatic rings. The summed E-state index contributed by atoms with van der Waals surface area (Å²) in [5.74, 6) is -8.29. The fourth-order valence-electron chi connectivity index (χ4n) is 7.28. The summed E-state index contributed by atoms with van der Waals surface area (Å²) in [6.07, 6.45) is 0. The van der Waals surface area contributed by atoms with Crippen LogP contribution in [0.1, 0.15) is 84.4 Å². The molecule has 57 heavy (non-hydrogen) atoms.